The Bertz CT molecular complexity index is 1340. The second-order valence-electron chi connectivity index (χ2n) is 9.59. The van der Waals surface area contributed by atoms with E-state index in [1.807, 2.05) is 24.1 Å². The number of morpholine rings is 1. The molecule has 1 saturated heterocycles. The van der Waals surface area contributed by atoms with E-state index in [0.717, 1.165) is 16.8 Å². The SMILES string of the molecule is Cc1cc(NC2=NC=CN3CC(Cc4ccc(OC(F)F)cc4)N=C23)ccc1C(=O)NCC(=O)N1CCOCC1. The number of carbonyl (C=O) groups is 2. The van der Waals surface area contributed by atoms with Gasteiger partial charge in [0.05, 0.1) is 25.8 Å². The number of rotatable bonds is 8. The Morgan fingerprint density at radius 3 is 2.65 bits per heavy atom. The summed E-state index contributed by atoms with van der Waals surface area (Å²) in [7, 11) is 0. The molecule has 0 spiro atoms. The predicted molar refractivity (Wildman–Crippen MR) is 146 cm³/mol. The number of alkyl halides is 2. The molecule has 3 heterocycles. The smallest absolute Gasteiger partial charge is 0.387 e. The number of fused-ring (bicyclic) bond motifs is 1. The van der Waals surface area contributed by atoms with E-state index in [1.165, 1.54) is 12.1 Å². The van der Waals surface area contributed by atoms with Crippen molar-refractivity contribution >= 4 is 29.2 Å². The summed E-state index contributed by atoms with van der Waals surface area (Å²) in [5.41, 5.74) is 2.93. The summed E-state index contributed by atoms with van der Waals surface area (Å²) in [6.45, 7) is 1.65. The van der Waals surface area contributed by atoms with Gasteiger partial charge >= 0.3 is 6.61 Å². The molecule has 1 atom stereocenters. The van der Waals surface area contributed by atoms with Crippen molar-refractivity contribution in [1.29, 1.82) is 0 Å². The van der Waals surface area contributed by atoms with Crippen molar-refractivity contribution in [2.75, 3.05) is 44.7 Å². The number of aryl methyl sites for hydroxylation is 1. The highest BCUT2D eigenvalue weighted by Crippen LogP contribution is 2.22. The van der Waals surface area contributed by atoms with Crippen LogP contribution < -0.4 is 15.4 Å². The number of benzene rings is 2. The molecule has 210 valence electrons. The lowest BCUT2D eigenvalue weighted by molar-refractivity contribution is -0.134. The van der Waals surface area contributed by atoms with Crippen molar-refractivity contribution in [2.24, 2.45) is 9.98 Å². The number of carbonyl (C=O) groups excluding carboxylic acids is 2. The van der Waals surface area contributed by atoms with Crippen LogP contribution in [0.15, 0.2) is 64.8 Å². The Kier molecular flexibility index (Phi) is 8.34. The average Bonchev–Trinajstić information content (AvgIpc) is 3.36. The van der Waals surface area contributed by atoms with Crippen LogP contribution in [0.4, 0.5) is 14.5 Å². The first-order valence-electron chi connectivity index (χ1n) is 13.0. The molecule has 2 aromatic carbocycles. The first-order chi connectivity index (χ1) is 19.4. The number of amides is 2. The molecule has 0 radical (unpaired) electrons. The molecular weight excluding hydrogens is 522 g/mol. The Labute approximate surface area is 230 Å². The van der Waals surface area contributed by atoms with Crippen LogP contribution in [0.1, 0.15) is 21.5 Å². The van der Waals surface area contributed by atoms with E-state index in [-0.39, 0.29) is 30.2 Å². The summed E-state index contributed by atoms with van der Waals surface area (Å²) in [5.74, 6) is 0.959. The van der Waals surface area contributed by atoms with Gasteiger partial charge in [-0.1, -0.05) is 12.1 Å². The lowest BCUT2D eigenvalue weighted by Gasteiger charge is -2.26. The van der Waals surface area contributed by atoms with Gasteiger partial charge in [-0.2, -0.15) is 8.78 Å². The highest BCUT2D eigenvalue weighted by Gasteiger charge is 2.29. The molecule has 10 nitrogen and oxygen atoms in total. The number of hydrogen-bond acceptors (Lipinski definition) is 8. The van der Waals surface area contributed by atoms with E-state index in [0.29, 0.717) is 56.5 Å². The van der Waals surface area contributed by atoms with Crippen LogP contribution >= 0.6 is 0 Å². The molecule has 40 heavy (non-hydrogen) atoms. The average molecular weight is 553 g/mol. The summed E-state index contributed by atoms with van der Waals surface area (Å²) in [4.78, 5) is 38.1. The molecule has 3 aliphatic heterocycles. The van der Waals surface area contributed by atoms with E-state index in [1.54, 1.807) is 35.4 Å². The number of anilines is 1. The van der Waals surface area contributed by atoms with Gasteiger partial charge in [-0.05, 0) is 54.8 Å². The van der Waals surface area contributed by atoms with Crippen molar-refractivity contribution in [3.8, 4) is 5.75 Å². The van der Waals surface area contributed by atoms with Crippen LogP contribution in [0.5, 0.6) is 5.75 Å². The Morgan fingerprint density at radius 2 is 1.93 bits per heavy atom. The van der Waals surface area contributed by atoms with Crippen molar-refractivity contribution in [1.82, 2.24) is 15.1 Å². The van der Waals surface area contributed by atoms with Crippen LogP contribution in [0.3, 0.4) is 0 Å². The molecule has 2 amide bonds. The number of ether oxygens (including phenoxy) is 2. The van der Waals surface area contributed by atoms with E-state index in [9.17, 15) is 18.4 Å². The fourth-order valence-corrected chi connectivity index (χ4v) is 4.76. The third-order valence-electron chi connectivity index (χ3n) is 6.76. The van der Waals surface area contributed by atoms with Gasteiger partial charge in [-0.3, -0.25) is 14.6 Å². The van der Waals surface area contributed by atoms with Crippen molar-refractivity contribution in [3.63, 3.8) is 0 Å². The van der Waals surface area contributed by atoms with Gasteiger partial charge in [0, 0.05) is 43.3 Å². The van der Waals surface area contributed by atoms with E-state index in [2.05, 4.69) is 20.4 Å². The largest absolute Gasteiger partial charge is 0.435 e. The fourth-order valence-electron chi connectivity index (χ4n) is 4.76. The minimum Gasteiger partial charge on any atom is -0.435 e. The Hall–Kier alpha value is -4.32. The van der Waals surface area contributed by atoms with Crippen molar-refractivity contribution in [2.45, 2.75) is 26.0 Å². The van der Waals surface area contributed by atoms with E-state index < -0.39 is 6.61 Å². The van der Waals surface area contributed by atoms with Gasteiger partial charge < -0.3 is 29.9 Å². The first-order valence-corrected chi connectivity index (χ1v) is 13.0. The third-order valence-corrected chi connectivity index (χ3v) is 6.76. The van der Waals surface area contributed by atoms with Gasteiger partial charge in [-0.25, -0.2) is 4.99 Å². The molecule has 5 rings (SSSR count). The van der Waals surface area contributed by atoms with Crippen LogP contribution in [0.2, 0.25) is 0 Å². The number of nitrogens with one attached hydrogen (secondary N) is 2. The summed E-state index contributed by atoms with van der Waals surface area (Å²) in [6.07, 6.45) is 4.19. The quantitative estimate of drug-likeness (QED) is 0.522. The number of hydrogen-bond donors (Lipinski definition) is 2. The van der Waals surface area contributed by atoms with Gasteiger partial charge in [0.15, 0.2) is 11.7 Å². The first kappa shape index (κ1) is 27.3. The van der Waals surface area contributed by atoms with Crippen LogP contribution in [-0.2, 0) is 16.0 Å². The topological polar surface area (TPSA) is 108 Å². The molecule has 0 bridgehead atoms. The number of halogens is 2. The van der Waals surface area contributed by atoms with Gasteiger partial charge in [0.25, 0.3) is 5.91 Å². The zero-order valence-electron chi connectivity index (χ0n) is 22.0. The van der Waals surface area contributed by atoms with Gasteiger partial charge in [0.1, 0.15) is 5.75 Å². The van der Waals surface area contributed by atoms with Gasteiger partial charge in [0.2, 0.25) is 5.91 Å². The predicted octanol–water partition coefficient (Wildman–Crippen LogP) is 2.81. The molecule has 2 aromatic rings. The fraction of sp³-hybridized carbons (Fsp3) is 0.357. The molecule has 2 N–H and O–H groups in total. The number of nitrogens with zero attached hydrogens (tertiary/aromatic N) is 4. The standard InChI is InChI=1S/C28H30F2N6O4/c1-18-14-20(4-7-23(18)27(38)32-16-24(37)35-10-12-39-13-11-35)33-25-26-34-21(17-36(26)9-8-31-25)15-19-2-5-22(6-3-19)40-28(29)30/h2-9,14,21,28H,10-13,15-17H2,1H3,(H,31,33)(H,32,38). The van der Waals surface area contributed by atoms with Crippen LogP contribution in [0, 0.1) is 6.92 Å². The highest BCUT2D eigenvalue weighted by molar-refractivity contribution is 6.45. The zero-order chi connectivity index (χ0) is 28.1. The van der Waals surface area contributed by atoms with E-state index >= 15 is 0 Å². The van der Waals surface area contributed by atoms with Gasteiger partial charge in [-0.15, -0.1) is 0 Å². The van der Waals surface area contributed by atoms with Crippen molar-refractivity contribution in [3.05, 3.63) is 71.6 Å². The molecule has 0 aliphatic carbocycles. The Balaban J connectivity index is 1.18. The summed E-state index contributed by atoms with van der Waals surface area (Å²) < 4.78 is 34.5. The lowest BCUT2D eigenvalue weighted by Crippen LogP contribution is -2.45. The Morgan fingerprint density at radius 1 is 1.15 bits per heavy atom. The number of aliphatic imine (C=N–C) groups is 2. The molecule has 1 fully saturated rings. The molecule has 1 unspecified atom stereocenters. The second kappa shape index (κ2) is 12.2. The minimum absolute atomic E-state index is 0.0420. The zero-order valence-corrected chi connectivity index (χ0v) is 22.0. The lowest BCUT2D eigenvalue weighted by atomic mass is 10.1. The maximum atomic E-state index is 12.7. The monoisotopic (exact) mass is 552 g/mol. The molecule has 3 aliphatic rings. The normalized spacial score (nSPS) is 18.2. The summed E-state index contributed by atoms with van der Waals surface area (Å²) >= 11 is 0. The second-order valence-corrected chi connectivity index (χ2v) is 9.59. The molecular formula is C28H30F2N6O4. The third kappa shape index (κ3) is 6.63. The van der Waals surface area contributed by atoms with Crippen LogP contribution in [0.25, 0.3) is 0 Å². The molecule has 0 aromatic heterocycles. The summed E-state index contributed by atoms with van der Waals surface area (Å²) in [5, 5.41) is 6.01. The van der Waals surface area contributed by atoms with Crippen LogP contribution in [-0.4, -0.2) is 85.3 Å². The highest BCUT2D eigenvalue weighted by atomic mass is 19.3. The van der Waals surface area contributed by atoms with Crippen molar-refractivity contribution < 1.29 is 27.8 Å². The molecule has 0 saturated carbocycles. The summed E-state index contributed by atoms with van der Waals surface area (Å²) in [6, 6.07) is 11.9. The minimum atomic E-state index is -2.85. The maximum absolute atomic E-state index is 12.7. The molecule has 12 heteroatoms. The maximum Gasteiger partial charge on any atom is 0.387 e. The number of amidine groups is 2. The van der Waals surface area contributed by atoms with E-state index in [4.69, 9.17) is 9.73 Å².